The Morgan fingerprint density at radius 2 is 1.79 bits per heavy atom. The van der Waals surface area contributed by atoms with Crippen LogP contribution in [-0.4, -0.2) is 63.8 Å². The summed E-state index contributed by atoms with van der Waals surface area (Å²) in [5.74, 6) is 0. The van der Waals surface area contributed by atoms with Crippen molar-refractivity contribution in [2.24, 2.45) is 0 Å². The number of hydrogen-bond acceptors (Lipinski definition) is 6. The van der Waals surface area contributed by atoms with Crippen LogP contribution in [0.3, 0.4) is 0 Å². The fraction of sp³-hybridized carbons (Fsp3) is 0.682. The lowest BCUT2D eigenvalue weighted by atomic mass is 9.96. The number of fused-ring (bicyclic) bond motifs is 1. The lowest BCUT2D eigenvalue weighted by molar-refractivity contribution is 0.00252. The summed E-state index contributed by atoms with van der Waals surface area (Å²) in [6.45, 7) is 1.71. The zero-order valence-electron chi connectivity index (χ0n) is 17.4. The number of alkyl carbamates (subject to hydrolysis) is 1. The first-order valence-electron chi connectivity index (χ1n) is 10.8. The maximum absolute atomic E-state index is 12.3. The molecule has 2 aliphatic heterocycles. The number of hydrogen-bond donors (Lipinski definition) is 2. The number of carbonyl (C=O) groups excluding carboxylic acids is 1. The van der Waals surface area contributed by atoms with Crippen molar-refractivity contribution >= 4 is 11.8 Å². The second-order valence-electron chi connectivity index (χ2n) is 8.57. The fourth-order valence-electron chi connectivity index (χ4n) is 4.49. The molecule has 0 aromatic heterocycles. The predicted octanol–water partition coefficient (Wildman–Crippen LogP) is 2.44. The molecule has 3 fully saturated rings. The van der Waals surface area contributed by atoms with E-state index in [4.69, 9.17) is 14.2 Å². The molecule has 4 rings (SSSR count). The second-order valence-corrected chi connectivity index (χ2v) is 8.57. The standard InChI is InChI=1S/C22H33N3O4/c1-25(2)17-10-8-15(9-11-17)12-23-18-13-27-21-19(14-28-20(18)21)29-22(26)24-16-6-4-3-5-7-16/h8-11,16,18-21,23H,3-7,12-14H2,1-2H3,(H,24,26)/t18-,19-,20-,21+/m1/s1. The van der Waals surface area contributed by atoms with Crippen LogP contribution in [0.5, 0.6) is 0 Å². The van der Waals surface area contributed by atoms with E-state index in [1.807, 2.05) is 14.1 Å². The molecule has 0 bridgehead atoms. The third kappa shape index (κ3) is 5.02. The van der Waals surface area contributed by atoms with Crippen molar-refractivity contribution in [2.75, 3.05) is 32.2 Å². The number of benzene rings is 1. The molecule has 7 nitrogen and oxygen atoms in total. The average Bonchev–Trinajstić information content (AvgIpc) is 3.30. The van der Waals surface area contributed by atoms with Crippen molar-refractivity contribution in [1.82, 2.24) is 10.6 Å². The van der Waals surface area contributed by atoms with Gasteiger partial charge in [0.2, 0.25) is 0 Å². The van der Waals surface area contributed by atoms with Crippen LogP contribution in [0.4, 0.5) is 10.5 Å². The summed E-state index contributed by atoms with van der Waals surface area (Å²) in [6.07, 6.45) is 4.74. The van der Waals surface area contributed by atoms with Crippen LogP contribution in [0.2, 0.25) is 0 Å². The topological polar surface area (TPSA) is 72.1 Å². The smallest absolute Gasteiger partial charge is 0.407 e. The second kappa shape index (κ2) is 9.32. The Hall–Kier alpha value is -1.83. The summed E-state index contributed by atoms with van der Waals surface area (Å²) >= 11 is 0. The minimum atomic E-state index is -0.341. The minimum Gasteiger partial charge on any atom is -0.441 e. The number of anilines is 1. The largest absolute Gasteiger partial charge is 0.441 e. The molecule has 1 aliphatic carbocycles. The number of nitrogens with one attached hydrogen (secondary N) is 2. The first-order valence-corrected chi connectivity index (χ1v) is 10.8. The molecule has 4 atom stereocenters. The van der Waals surface area contributed by atoms with Gasteiger partial charge < -0.3 is 29.7 Å². The molecule has 160 valence electrons. The number of rotatable bonds is 6. The SMILES string of the molecule is CN(C)c1ccc(CN[C@@H]2CO[C@@H]3[C@@H]2OC[C@H]3OC(=O)NC2CCCCC2)cc1. The molecule has 1 aromatic rings. The van der Waals surface area contributed by atoms with E-state index >= 15 is 0 Å². The van der Waals surface area contributed by atoms with E-state index in [0.717, 1.165) is 19.4 Å². The van der Waals surface area contributed by atoms with E-state index in [1.54, 1.807) is 0 Å². The fourth-order valence-corrected chi connectivity index (χ4v) is 4.49. The van der Waals surface area contributed by atoms with Crippen molar-refractivity contribution in [3.05, 3.63) is 29.8 Å². The highest BCUT2D eigenvalue weighted by Gasteiger charge is 2.49. The van der Waals surface area contributed by atoms with E-state index in [2.05, 4.69) is 39.8 Å². The molecule has 2 heterocycles. The Balaban J connectivity index is 1.23. The molecular formula is C22H33N3O4. The highest BCUT2D eigenvalue weighted by Crippen LogP contribution is 2.29. The normalized spacial score (nSPS) is 29.4. The van der Waals surface area contributed by atoms with E-state index in [1.165, 1.54) is 30.5 Å². The maximum atomic E-state index is 12.3. The Kier molecular flexibility index (Phi) is 6.57. The third-order valence-electron chi connectivity index (χ3n) is 6.21. The molecule has 0 radical (unpaired) electrons. The summed E-state index contributed by atoms with van der Waals surface area (Å²) < 4.78 is 17.5. The Labute approximate surface area is 173 Å². The van der Waals surface area contributed by atoms with E-state index in [-0.39, 0.29) is 36.5 Å². The van der Waals surface area contributed by atoms with Crippen LogP contribution < -0.4 is 15.5 Å². The molecule has 3 aliphatic rings. The Morgan fingerprint density at radius 3 is 2.52 bits per heavy atom. The summed E-state index contributed by atoms with van der Waals surface area (Å²) in [5.41, 5.74) is 2.40. The molecule has 0 unspecified atom stereocenters. The number of carbonyl (C=O) groups is 1. The van der Waals surface area contributed by atoms with Gasteiger partial charge in [-0.05, 0) is 30.5 Å². The zero-order chi connectivity index (χ0) is 20.2. The molecule has 7 heteroatoms. The average molecular weight is 404 g/mol. The van der Waals surface area contributed by atoms with Gasteiger partial charge in [0.05, 0.1) is 19.3 Å². The van der Waals surface area contributed by atoms with Gasteiger partial charge in [0.25, 0.3) is 0 Å². The minimum absolute atomic E-state index is 0.0801. The zero-order valence-corrected chi connectivity index (χ0v) is 17.4. The molecule has 2 N–H and O–H groups in total. The summed E-state index contributed by atoms with van der Waals surface area (Å²) in [6, 6.07) is 8.84. The van der Waals surface area contributed by atoms with Crippen molar-refractivity contribution in [3.63, 3.8) is 0 Å². The molecule has 1 saturated carbocycles. The van der Waals surface area contributed by atoms with E-state index < -0.39 is 0 Å². The first-order chi connectivity index (χ1) is 14.1. The molecule has 29 heavy (non-hydrogen) atoms. The van der Waals surface area contributed by atoms with Crippen molar-refractivity contribution in [2.45, 2.75) is 69.0 Å². The van der Waals surface area contributed by atoms with Crippen LogP contribution in [0.15, 0.2) is 24.3 Å². The maximum Gasteiger partial charge on any atom is 0.407 e. The van der Waals surface area contributed by atoms with Gasteiger partial charge in [-0.3, -0.25) is 0 Å². The quantitative estimate of drug-likeness (QED) is 0.760. The van der Waals surface area contributed by atoms with Crippen LogP contribution >= 0.6 is 0 Å². The number of ether oxygens (including phenoxy) is 3. The van der Waals surface area contributed by atoms with Gasteiger partial charge in [-0.25, -0.2) is 4.79 Å². The van der Waals surface area contributed by atoms with Gasteiger partial charge in [0, 0.05) is 32.4 Å². The highest BCUT2D eigenvalue weighted by atomic mass is 16.6. The first kappa shape index (κ1) is 20.4. The van der Waals surface area contributed by atoms with Crippen molar-refractivity contribution in [1.29, 1.82) is 0 Å². The van der Waals surface area contributed by atoms with Crippen molar-refractivity contribution < 1.29 is 19.0 Å². The van der Waals surface area contributed by atoms with E-state index in [0.29, 0.717) is 13.2 Å². The highest BCUT2D eigenvalue weighted by molar-refractivity contribution is 5.68. The van der Waals surface area contributed by atoms with Gasteiger partial charge >= 0.3 is 6.09 Å². The lowest BCUT2D eigenvalue weighted by Gasteiger charge is -2.24. The van der Waals surface area contributed by atoms with Crippen LogP contribution in [-0.2, 0) is 20.8 Å². The summed E-state index contributed by atoms with van der Waals surface area (Å²) in [4.78, 5) is 14.3. The Morgan fingerprint density at radius 1 is 1.07 bits per heavy atom. The molecule has 0 spiro atoms. The summed E-state index contributed by atoms with van der Waals surface area (Å²) in [5, 5.41) is 6.54. The Bertz CT molecular complexity index is 675. The molecule has 1 aromatic carbocycles. The van der Waals surface area contributed by atoms with E-state index in [9.17, 15) is 4.79 Å². The number of amides is 1. The van der Waals surface area contributed by atoms with Gasteiger partial charge in [-0.1, -0.05) is 31.4 Å². The van der Waals surface area contributed by atoms with Crippen LogP contribution in [0.25, 0.3) is 0 Å². The number of nitrogens with zero attached hydrogens (tertiary/aromatic N) is 1. The predicted molar refractivity (Wildman–Crippen MR) is 111 cm³/mol. The van der Waals surface area contributed by atoms with Gasteiger partial charge in [0.15, 0.2) is 6.10 Å². The molecule has 1 amide bonds. The van der Waals surface area contributed by atoms with Gasteiger partial charge in [-0.15, -0.1) is 0 Å². The van der Waals surface area contributed by atoms with Crippen LogP contribution in [0.1, 0.15) is 37.7 Å². The lowest BCUT2D eigenvalue weighted by Crippen LogP contribution is -2.43. The summed E-state index contributed by atoms with van der Waals surface area (Å²) in [7, 11) is 4.07. The van der Waals surface area contributed by atoms with Gasteiger partial charge in [0.1, 0.15) is 12.2 Å². The van der Waals surface area contributed by atoms with Gasteiger partial charge in [-0.2, -0.15) is 0 Å². The molecular weight excluding hydrogens is 370 g/mol. The third-order valence-corrected chi connectivity index (χ3v) is 6.21. The molecule has 2 saturated heterocycles. The van der Waals surface area contributed by atoms with Crippen LogP contribution in [0, 0.1) is 0 Å². The monoisotopic (exact) mass is 403 g/mol. The van der Waals surface area contributed by atoms with Crippen molar-refractivity contribution in [3.8, 4) is 0 Å².